The zero-order chi connectivity index (χ0) is 14.7. The Morgan fingerprint density at radius 1 is 1.14 bits per heavy atom. The smallest absolute Gasteiger partial charge is 0.0407 e. The van der Waals surface area contributed by atoms with Crippen LogP contribution in [0.1, 0.15) is 19.8 Å². The summed E-state index contributed by atoms with van der Waals surface area (Å²) in [6.45, 7) is 9.30. The number of anilines is 1. The molecule has 1 saturated heterocycles. The Morgan fingerprint density at radius 2 is 1.81 bits per heavy atom. The van der Waals surface area contributed by atoms with E-state index in [9.17, 15) is 0 Å². The molecular formula is C17H26ClN3. The minimum Gasteiger partial charge on any atom is -0.369 e. The number of rotatable bonds is 6. The Balaban J connectivity index is 1.40. The molecule has 1 unspecified atom stereocenters. The molecule has 1 saturated carbocycles. The highest BCUT2D eigenvalue weighted by molar-refractivity contribution is 6.30. The van der Waals surface area contributed by atoms with Crippen molar-refractivity contribution < 1.29 is 0 Å². The molecule has 4 heteroatoms. The Hall–Kier alpha value is -0.770. The van der Waals surface area contributed by atoms with Crippen LogP contribution in [-0.4, -0.2) is 50.2 Å². The number of piperazine rings is 1. The average Bonchev–Trinajstić information content (AvgIpc) is 3.31. The highest BCUT2D eigenvalue weighted by Crippen LogP contribution is 2.20. The lowest BCUT2D eigenvalue weighted by molar-refractivity contribution is 0.222. The number of hydrogen-bond donors (Lipinski definition) is 1. The van der Waals surface area contributed by atoms with Crippen molar-refractivity contribution >= 4 is 17.3 Å². The zero-order valence-corrected chi connectivity index (χ0v) is 13.6. The summed E-state index contributed by atoms with van der Waals surface area (Å²) in [5.41, 5.74) is 1.29. The Labute approximate surface area is 133 Å². The first-order valence-corrected chi connectivity index (χ1v) is 8.55. The maximum atomic E-state index is 5.95. The summed E-state index contributed by atoms with van der Waals surface area (Å²) in [6, 6.07) is 9.04. The number of nitrogens with one attached hydrogen (secondary N) is 1. The van der Waals surface area contributed by atoms with Crippen molar-refractivity contribution in [2.24, 2.45) is 5.92 Å². The van der Waals surface area contributed by atoms with Crippen LogP contribution >= 0.6 is 11.6 Å². The summed E-state index contributed by atoms with van der Waals surface area (Å²) < 4.78 is 0. The van der Waals surface area contributed by atoms with Crippen LogP contribution in [0.15, 0.2) is 24.3 Å². The molecule has 0 spiro atoms. The van der Waals surface area contributed by atoms with Gasteiger partial charge in [-0.25, -0.2) is 0 Å². The molecule has 1 aromatic rings. The van der Waals surface area contributed by atoms with Gasteiger partial charge in [-0.3, -0.25) is 4.90 Å². The number of nitrogens with zero attached hydrogens (tertiary/aromatic N) is 2. The molecule has 21 heavy (non-hydrogen) atoms. The summed E-state index contributed by atoms with van der Waals surface area (Å²) in [4.78, 5) is 5.06. The van der Waals surface area contributed by atoms with Gasteiger partial charge in [0.05, 0.1) is 0 Å². The summed E-state index contributed by atoms with van der Waals surface area (Å²) in [5.74, 6) is 0.743. The van der Waals surface area contributed by atoms with E-state index >= 15 is 0 Å². The fourth-order valence-corrected chi connectivity index (χ4v) is 3.13. The summed E-state index contributed by atoms with van der Waals surface area (Å²) >= 11 is 5.95. The third kappa shape index (κ3) is 4.60. The van der Waals surface area contributed by atoms with Gasteiger partial charge in [-0.1, -0.05) is 18.5 Å². The fraction of sp³-hybridized carbons (Fsp3) is 0.647. The normalized spacial score (nSPS) is 21.5. The standard InChI is InChI=1S/C17H26ClN3/c1-14(12-19-16-4-5-16)13-20-8-10-21(11-9-20)17-6-2-15(18)3-7-17/h2-3,6-7,14,16,19H,4-5,8-13H2,1H3. The molecule has 1 heterocycles. The molecule has 3 rings (SSSR count). The molecule has 1 aromatic carbocycles. The van der Waals surface area contributed by atoms with E-state index in [0.717, 1.165) is 43.2 Å². The van der Waals surface area contributed by atoms with E-state index in [1.807, 2.05) is 12.1 Å². The summed E-state index contributed by atoms with van der Waals surface area (Å²) in [5, 5.41) is 4.45. The largest absolute Gasteiger partial charge is 0.369 e. The van der Waals surface area contributed by atoms with E-state index in [4.69, 9.17) is 11.6 Å². The maximum Gasteiger partial charge on any atom is 0.0407 e. The first kappa shape index (κ1) is 15.1. The van der Waals surface area contributed by atoms with Crippen LogP contribution in [0.25, 0.3) is 0 Å². The van der Waals surface area contributed by atoms with Crippen LogP contribution in [0.4, 0.5) is 5.69 Å². The second-order valence-corrected chi connectivity index (χ2v) is 6.99. The van der Waals surface area contributed by atoms with Gasteiger partial charge in [0.15, 0.2) is 0 Å². The first-order valence-electron chi connectivity index (χ1n) is 8.17. The number of hydrogen-bond acceptors (Lipinski definition) is 3. The maximum absolute atomic E-state index is 5.95. The Kier molecular flexibility index (Phi) is 5.04. The fourth-order valence-electron chi connectivity index (χ4n) is 3.00. The van der Waals surface area contributed by atoms with Crippen molar-refractivity contribution in [2.45, 2.75) is 25.8 Å². The molecule has 1 N–H and O–H groups in total. The SMILES string of the molecule is CC(CNC1CC1)CN1CCN(c2ccc(Cl)cc2)CC1. The van der Waals surface area contributed by atoms with E-state index in [-0.39, 0.29) is 0 Å². The molecule has 1 aliphatic carbocycles. The highest BCUT2D eigenvalue weighted by Gasteiger charge is 2.22. The third-order valence-electron chi connectivity index (χ3n) is 4.47. The second kappa shape index (κ2) is 6.99. The minimum absolute atomic E-state index is 0.743. The van der Waals surface area contributed by atoms with Gasteiger partial charge in [0.2, 0.25) is 0 Å². The van der Waals surface area contributed by atoms with Crippen molar-refractivity contribution in [3.63, 3.8) is 0 Å². The molecule has 116 valence electrons. The van der Waals surface area contributed by atoms with E-state index in [0.29, 0.717) is 0 Å². The second-order valence-electron chi connectivity index (χ2n) is 6.55. The molecule has 1 aliphatic heterocycles. The summed E-state index contributed by atoms with van der Waals surface area (Å²) in [6.07, 6.45) is 2.76. The van der Waals surface area contributed by atoms with Gasteiger partial charge in [-0.05, 0) is 49.6 Å². The predicted molar refractivity (Wildman–Crippen MR) is 90.3 cm³/mol. The molecule has 2 aliphatic rings. The molecular weight excluding hydrogens is 282 g/mol. The van der Waals surface area contributed by atoms with Crippen molar-refractivity contribution in [3.8, 4) is 0 Å². The van der Waals surface area contributed by atoms with Crippen molar-refractivity contribution in [1.29, 1.82) is 0 Å². The Bertz CT molecular complexity index is 436. The van der Waals surface area contributed by atoms with Gasteiger partial charge in [-0.15, -0.1) is 0 Å². The van der Waals surface area contributed by atoms with Gasteiger partial charge in [-0.2, -0.15) is 0 Å². The van der Waals surface area contributed by atoms with Gasteiger partial charge in [0.25, 0.3) is 0 Å². The molecule has 2 fully saturated rings. The van der Waals surface area contributed by atoms with Crippen LogP contribution in [0.2, 0.25) is 5.02 Å². The molecule has 1 atom stereocenters. The lowest BCUT2D eigenvalue weighted by Crippen LogP contribution is -2.48. The van der Waals surface area contributed by atoms with E-state index in [2.05, 4.69) is 34.2 Å². The van der Waals surface area contributed by atoms with E-state index in [1.54, 1.807) is 0 Å². The average molecular weight is 308 g/mol. The van der Waals surface area contributed by atoms with Crippen molar-refractivity contribution in [1.82, 2.24) is 10.2 Å². The van der Waals surface area contributed by atoms with Gasteiger partial charge in [0.1, 0.15) is 0 Å². The molecule has 0 amide bonds. The van der Waals surface area contributed by atoms with Gasteiger partial charge < -0.3 is 10.2 Å². The van der Waals surface area contributed by atoms with Crippen LogP contribution < -0.4 is 10.2 Å². The van der Waals surface area contributed by atoms with Crippen molar-refractivity contribution in [2.75, 3.05) is 44.2 Å². The van der Waals surface area contributed by atoms with Crippen molar-refractivity contribution in [3.05, 3.63) is 29.3 Å². The van der Waals surface area contributed by atoms with E-state index < -0.39 is 0 Å². The van der Waals surface area contributed by atoms with Crippen LogP contribution in [-0.2, 0) is 0 Å². The number of halogens is 1. The lowest BCUT2D eigenvalue weighted by Gasteiger charge is -2.37. The monoisotopic (exact) mass is 307 g/mol. The van der Waals surface area contributed by atoms with Crippen LogP contribution in [0.5, 0.6) is 0 Å². The topological polar surface area (TPSA) is 18.5 Å². The molecule has 0 radical (unpaired) electrons. The van der Waals surface area contributed by atoms with Gasteiger partial charge in [0, 0.05) is 49.5 Å². The van der Waals surface area contributed by atoms with E-state index in [1.165, 1.54) is 31.6 Å². The minimum atomic E-state index is 0.743. The molecule has 3 nitrogen and oxygen atoms in total. The van der Waals surface area contributed by atoms with Crippen LogP contribution in [0.3, 0.4) is 0 Å². The molecule has 0 aromatic heterocycles. The van der Waals surface area contributed by atoms with Gasteiger partial charge >= 0.3 is 0 Å². The predicted octanol–water partition coefficient (Wildman–Crippen LogP) is 2.85. The quantitative estimate of drug-likeness (QED) is 0.872. The highest BCUT2D eigenvalue weighted by atomic mass is 35.5. The van der Waals surface area contributed by atoms with Crippen LogP contribution in [0, 0.1) is 5.92 Å². The summed E-state index contributed by atoms with van der Waals surface area (Å²) in [7, 11) is 0. The zero-order valence-electron chi connectivity index (χ0n) is 12.9. The molecule has 0 bridgehead atoms. The third-order valence-corrected chi connectivity index (χ3v) is 4.72. The lowest BCUT2D eigenvalue weighted by atomic mass is 10.1. The number of benzene rings is 1. The first-order chi connectivity index (χ1) is 10.2. The Morgan fingerprint density at radius 3 is 2.43 bits per heavy atom.